The van der Waals surface area contributed by atoms with Crippen LogP contribution in [0.5, 0.6) is 0 Å². The molecule has 0 bridgehead atoms. The van der Waals surface area contributed by atoms with Crippen LogP contribution in [0.15, 0.2) is 24.3 Å². The van der Waals surface area contributed by atoms with Crippen molar-refractivity contribution in [3.05, 3.63) is 35.4 Å². The van der Waals surface area contributed by atoms with Gasteiger partial charge in [-0.05, 0) is 37.2 Å². The van der Waals surface area contributed by atoms with Crippen LogP contribution in [0.25, 0.3) is 0 Å². The number of hydrogen-bond donors (Lipinski definition) is 12. The Labute approximate surface area is 234 Å². The van der Waals surface area contributed by atoms with E-state index in [9.17, 15) is 14.4 Å². The Morgan fingerprint density at radius 1 is 0.775 bits per heavy atom. The summed E-state index contributed by atoms with van der Waals surface area (Å²) < 4.78 is 0. The molecule has 16 N–H and O–H groups in total. The Morgan fingerprint density at radius 3 is 1.82 bits per heavy atom. The van der Waals surface area contributed by atoms with Gasteiger partial charge in [0.05, 0.1) is 6.04 Å². The lowest BCUT2D eigenvalue weighted by molar-refractivity contribution is -0.133. The molecule has 1 aromatic carbocycles. The van der Waals surface area contributed by atoms with Gasteiger partial charge in [-0.3, -0.25) is 30.6 Å². The molecule has 222 valence electrons. The van der Waals surface area contributed by atoms with Gasteiger partial charge in [0, 0.05) is 25.2 Å². The van der Waals surface area contributed by atoms with Gasteiger partial charge in [0.25, 0.3) is 0 Å². The van der Waals surface area contributed by atoms with E-state index in [-0.39, 0.29) is 36.6 Å². The molecule has 3 amide bonds. The van der Waals surface area contributed by atoms with Crippen LogP contribution in [-0.2, 0) is 20.9 Å². The minimum absolute atomic E-state index is 0.0599. The highest BCUT2D eigenvalue weighted by molar-refractivity contribution is 5.95. The van der Waals surface area contributed by atoms with Crippen molar-refractivity contribution < 1.29 is 14.4 Å². The van der Waals surface area contributed by atoms with E-state index in [0.29, 0.717) is 37.9 Å². The van der Waals surface area contributed by atoms with E-state index in [2.05, 4.69) is 26.6 Å². The third-order valence-corrected chi connectivity index (χ3v) is 5.94. The van der Waals surface area contributed by atoms with Crippen molar-refractivity contribution in [2.75, 3.05) is 13.1 Å². The standard InChI is InChI=1S/C25H44N12O3/c1-14(2)19(37-21(38)17(26)5-3-11-33-24(29)30)23(40)36-18(6-4-12-34-25(31)32)22(39)35-13-15-7-9-16(10-8-15)20(27)28/h7-10,14,17-19H,3-6,11-13,26H2,1-2H3,(H3,27,28)(H,35,39)(H,36,40)(H,37,38)(H4,29,30,33)(H4,31,32,34)/t17-,18-,19?/m0/s1. The van der Waals surface area contributed by atoms with E-state index in [0.717, 1.165) is 5.56 Å². The molecule has 3 atom stereocenters. The Morgan fingerprint density at radius 2 is 1.32 bits per heavy atom. The van der Waals surface area contributed by atoms with E-state index in [4.69, 9.17) is 39.2 Å². The van der Waals surface area contributed by atoms with Gasteiger partial charge in [0.1, 0.15) is 17.9 Å². The number of guanidine groups is 2. The predicted molar refractivity (Wildman–Crippen MR) is 154 cm³/mol. The molecule has 15 nitrogen and oxygen atoms in total. The third-order valence-electron chi connectivity index (χ3n) is 5.94. The minimum Gasteiger partial charge on any atom is -0.384 e. The summed E-state index contributed by atoms with van der Waals surface area (Å²) in [6.45, 7) is 4.44. The summed E-state index contributed by atoms with van der Waals surface area (Å²) in [5.74, 6) is -2.17. The van der Waals surface area contributed by atoms with Crippen LogP contribution < -0.4 is 49.5 Å². The van der Waals surface area contributed by atoms with E-state index in [1.807, 2.05) is 0 Å². The molecular weight excluding hydrogens is 516 g/mol. The number of rotatable bonds is 17. The molecule has 0 aromatic heterocycles. The predicted octanol–water partition coefficient (Wildman–Crippen LogP) is -1.93. The number of amides is 3. The number of carbonyl (C=O) groups is 3. The lowest BCUT2D eigenvalue weighted by atomic mass is 10.0. The number of nitrogens with two attached hydrogens (primary N) is 4. The molecule has 0 saturated heterocycles. The summed E-state index contributed by atoms with van der Waals surface area (Å²) >= 11 is 0. The summed E-state index contributed by atoms with van der Waals surface area (Å²) in [6, 6.07) is 4.12. The Balaban J connectivity index is 2.84. The maximum Gasteiger partial charge on any atom is 0.243 e. The zero-order chi connectivity index (χ0) is 30.2. The minimum atomic E-state index is -0.932. The molecule has 40 heavy (non-hydrogen) atoms. The van der Waals surface area contributed by atoms with Crippen LogP contribution in [0.1, 0.15) is 50.7 Å². The van der Waals surface area contributed by atoms with Crippen molar-refractivity contribution in [3.8, 4) is 0 Å². The van der Waals surface area contributed by atoms with Crippen LogP contribution in [0.2, 0.25) is 0 Å². The SMILES string of the molecule is CC(C)C(NC(=O)[C@@H](N)CCCNC(=N)N)C(=O)N[C@@H](CCCNC(=N)N)C(=O)NCc1ccc(C(=N)N)cc1. The van der Waals surface area contributed by atoms with Crippen molar-refractivity contribution in [1.82, 2.24) is 26.6 Å². The average Bonchev–Trinajstić information content (AvgIpc) is 2.89. The maximum absolute atomic E-state index is 13.2. The van der Waals surface area contributed by atoms with E-state index < -0.39 is 35.8 Å². The van der Waals surface area contributed by atoms with Crippen molar-refractivity contribution in [1.29, 1.82) is 16.2 Å². The van der Waals surface area contributed by atoms with Gasteiger partial charge in [0.2, 0.25) is 17.7 Å². The Hall–Kier alpha value is -4.40. The van der Waals surface area contributed by atoms with Gasteiger partial charge < -0.3 is 49.5 Å². The van der Waals surface area contributed by atoms with Crippen molar-refractivity contribution >= 4 is 35.5 Å². The molecule has 15 heteroatoms. The van der Waals surface area contributed by atoms with Crippen LogP contribution in [0.3, 0.4) is 0 Å². The quantitative estimate of drug-likeness (QED) is 0.0572. The smallest absolute Gasteiger partial charge is 0.243 e. The number of benzene rings is 1. The van der Waals surface area contributed by atoms with Gasteiger partial charge in [-0.1, -0.05) is 38.1 Å². The molecule has 0 heterocycles. The van der Waals surface area contributed by atoms with E-state index >= 15 is 0 Å². The van der Waals surface area contributed by atoms with Crippen molar-refractivity contribution in [3.63, 3.8) is 0 Å². The van der Waals surface area contributed by atoms with Gasteiger partial charge in [0.15, 0.2) is 11.9 Å². The van der Waals surface area contributed by atoms with Crippen LogP contribution in [0.4, 0.5) is 0 Å². The first-order valence-electron chi connectivity index (χ1n) is 13.0. The highest BCUT2D eigenvalue weighted by atomic mass is 16.2. The Bertz CT molecular complexity index is 1030. The normalized spacial score (nSPS) is 12.9. The van der Waals surface area contributed by atoms with E-state index in [1.54, 1.807) is 38.1 Å². The van der Waals surface area contributed by atoms with Crippen molar-refractivity contribution in [2.45, 2.75) is 64.2 Å². The zero-order valence-electron chi connectivity index (χ0n) is 23.1. The molecule has 0 fully saturated rings. The first-order valence-corrected chi connectivity index (χ1v) is 13.0. The average molecular weight is 561 g/mol. The summed E-state index contributed by atoms with van der Waals surface area (Å²) in [7, 11) is 0. The zero-order valence-corrected chi connectivity index (χ0v) is 23.1. The molecule has 1 unspecified atom stereocenters. The monoisotopic (exact) mass is 560 g/mol. The fraction of sp³-hybridized carbons (Fsp3) is 0.520. The molecular formula is C25H44N12O3. The first-order chi connectivity index (χ1) is 18.8. The molecule has 0 radical (unpaired) electrons. The molecule has 1 aromatic rings. The molecule has 0 aliphatic heterocycles. The highest BCUT2D eigenvalue weighted by Gasteiger charge is 2.29. The number of amidine groups is 1. The Kier molecular flexibility index (Phi) is 14.5. The summed E-state index contributed by atoms with van der Waals surface area (Å²) in [5, 5.41) is 35.5. The maximum atomic E-state index is 13.2. The molecule has 0 aliphatic rings. The molecule has 0 spiro atoms. The lowest BCUT2D eigenvalue weighted by Gasteiger charge is -2.26. The largest absolute Gasteiger partial charge is 0.384 e. The van der Waals surface area contributed by atoms with Crippen LogP contribution in [-0.4, -0.2) is 66.7 Å². The van der Waals surface area contributed by atoms with Gasteiger partial charge in [-0.25, -0.2) is 0 Å². The number of hydrogen-bond acceptors (Lipinski definition) is 7. The molecule has 0 aliphatic carbocycles. The second kappa shape index (κ2) is 17.2. The lowest BCUT2D eigenvalue weighted by Crippen LogP contribution is -2.57. The second-order valence-electron chi connectivity index (χ2n) is 9.69. The third kappa shape index (κ3) is 12.9. The fourth-order valence-electron chi connectivity index (χ4n) is 3.65. The van der Waals surface area contributed by atoms with Crippen molar-refractivity contribution in [2.24, 2.45) is 28.9 Å². The summed E-state index contributed by atoms with van der Waals surface area (Å²) in [6.07, 6.45) is 1.51. The number of carbonyl (C=O) groups excluding carboxylic acids is 3. The van der Waals surface area contributed by atoms with Crippen LogP contribution in [0, 0.1) is 22.1 Å². The topological polar surface area (TPSA) is 287 Å². The highest BCUT2D eigenvalue weighted by Crippen LogP contribution is 2.08. The number of nitrogens with one attached hydrogen (secondary N) is 8. The molecule has 0 saturated carbocycles. The van der Waals surface area contributed by atoms with Gasteiger partial charge in [-0.15, -0.1) is 0 Å². The second-order valence-corrected chi connectivity index (χ2v) is 9.69. The summed E-state index contributed by atoms with van der Waals surface area (Å²) in [4.78, 5) is 38.9. The summed E-state index contributed by atoms with van der Waals surface area (Å²) in [5.41, 5.74) is 23.4. The fourth-order valence-corrected chi connectivity index (χ4v) is 3.65. The van der Waals surface area contributed by atoms with Gasteiger partial charge in [-0.2, -0.15) is 0 Å². The number of nitrogen functional groups attached to an aromatic ring is 1. The molecule has 1 rings (SSSR count). The van der Waals surface area contributed by atoms with Gasteiger partial charge >= 0.3 is 0 Å². The first kappa shape index (κ1) is 33.6. The van der Waals surface area contributed by atoms with E-state index in [1.165, 1.54) is 0 Å². The van der Waals surface area contributed by atoms with Crippen LogP contribution >= 0.6 is 0 Å².